The molecule has 0 spiro atoms. The second-order valence-corrected chi connectivity index (χ2v) is 6.78. The van der Waals surface area contributed by atoms with E-state index in [9.17, 15) is 9.59 Å². The van der Waals surface area contributed by atoms with Gasteiger partial charge in [-0.05, 0) is 37.8 Å². The number of hydrogen-bond acceptors (Lipinski definition) is 4. The lowest BCUT2D eigenvalue weighted by molar-refractivity contribution is -0.115. The number of primary amides is 1. The number of benzene rings is 1. The third-order valence-electron chi connectivity index (χ3n) is 3.98. The van der Waals surface area contributed by atoms with Gasteiger partial charge in [0.2, 0.25) is 5.91 Å². The Balaban J connectivity index is 0.00000264. The van der Waals surface area contributed by atoms with Gasteiger partial charge in [0.15, 0.2) is 0 Å². The van der Waals surface area contributed by atoms with Crippen LogP contribution in [0.5, 0.6) is 0 Å². The highest BCUT2D eigenvalue weighted by Crippen LogP contribution is 2.26. The fraction of sp³-hybridized carbons (Fsp3) is 0.500. The van der Waals surface area contributed by atoms with E-state index in [1.54, 1.807) is 6.07 Å². The summed E-state index contributed by atoms with van der Waals surface area (Å²) in [7, 11) is 0. The first-order valence-corrected chi connectivity index (χ1v) is 8.52. The van der Waals surface area contributed by atoms with Crippen LogP contribution in [0.3, 0.4) is 0 Å². The van der Waals surface area contributed by atoms with Crippen molar-refractivity contribution in [3.63, 3.8) is 0 Å². The zero-order valence-electron chi connectivity index (χ0n) is 13.2. The van der Waals surface area contributed by atoms with Crippen LogP contribution in [-0.2, 0) is 4.79 Å². The summed E-state index contributed by atoms with van der Waals surface area (Å²) >= 11 is 1.31. The predicted molar refractivity (Wildman–Crippen MR) is 95.9 cm³/mol. The lowest BCUT2D eigenvalue weighted by Gasteiger charge is -2.35. The molecule has 4 N–H and O–H groups in total. The number of rotatable bonds is 5. The number of nitrogens with zero attached hydrogens (tertiary/aromatic N) is 1. The molecule has 1 heterocycles. The summed E-state index contributed by atoms with van der Waals surface area (Å²) in [5, 5.41) is 0. The van der Waals surface area contributed by atoms with Gasteiger partial charge in [-0.25, -0.2) is 0 Å². The summed E-state index contributed by atoms with van der Waals surface area (Å²) in [6, 6.07) is 7.46. The minimum atomic E-state index is -0.387. The molecule has 1 aromatic carbocycles. The third-order valence-corrected chi connectivity index (χ3v) is 5.07. The van der Waals surface area contributed by atoms with E-state index in [0.717, 1.165) is 24.3 Å². The second-order valence-electron chi connectivity index (χ2n) is 5.76. The molecule has 2 unspecified atom stereocenters. The van der Waals surface area contributed by atoms with Gasteiger partial charge in [0.25, 0.3) is 5.91 Å². The average Bonchev–Trinajstić information content (AvgIpc) is 2.52. The largest absolute Gasteiger partial charge is 0.369 e. The summed E-state index contributed by atoms with van der Waals surface area (Å²) in [6.45, 7) is 3.46. The lowest BCUT2D eigenvalue weighted by Crippen LogP contribution is -2.45. The fourth-order valence-electron chi connectivity index (χ4n) is 2.71. The Bertz CT molecular complexity index is 554. The van der Waals surface area contributed by atoms with Crippen molar-refractivity contribution >= 4 is 36.0 Å². The molecule has 0 saturated carbocycles. The number of carbonyl (C=O) groups is 2. The molecular weight excluding hydrogens is 334 g/mol. The van der Waals surface area contributed by atoms with Crippen LogP contribution in [0, 0.1) is 5.92 Å². The molecule has 7 heteroatoms. The Labute approximate surface area is 147 Å². The summed E-state index contributed by atoms with van der Waals surface area (Å²) in [5.74, 6) is 0.149. The maximum atomic E-state index is 12.8. The van der Waals surface area contributed by atoms with E-state index in [2.05, 4.69) is 0 Å². The van der Waals surface area contributed by atoms with Crippen molar-refractivity contribution in [2.45, 2.75) is 30.7 Å². The van der Waals surface area contributed by atoms with Crippen LogP contribution in [0.1, 0.15) is 30.1 Å². The van der Waals surface area contributed by atoms with Crippen molar-refractivity contribution in [3.05, 3.63) is 29.8 Å². The predicted octanol–water partition coefficient (Wildman–Crippen LogP) is 1.89. The lowest BCUT2D eigenvalue weighted by atomic mass is 9.92. The summed E-state index contributed by atoms with van der Waals surface area (Å²) in [4.78, 5) is 26.4. The number of nitrogens with two attached hydrogens (primary N) is 2. The van der Waals surface area contributed by atoms with Crippen LogP contribution in [0.15, 0.2) is 29.2 Å². The van der Waals surface area contributed by atoms with Crippen molar-refractivity contribution in [3.8, 4) is 0 Å². The molecule has 2 atom stereocenters. The highest BCUT2D eigenvalue weighted by Gasteiger charge is 2.27. The molecular formula is C16H24ClN3O2S. The molecule has 0 bridgehead atoms. The van der Waals surface area contributed by atoms with E-state index in [-0.39, 0.29) is 36.0 Å². The number of amides is 2. The van der Waals surface area contributed by atoms with Gasteiger partial charge in [0.1, 0.15) is 0 Å². The highest BCUT2D eigenvalue weighted by molar-refractivity contribution is 8.00. The molecule has 0 radical (unpaired) electrons. The van der Waals surface area contributed by atoms with Gasteiger partial charge in [-0.1, -0.05) is 12.1 Å². The van der Waals surface area contributed by atoms with Gasteiger partial charge in [-0.2, -0.15) is 0 Å². The third kappa shape index (κ3) is 5.41. The van der Waals surface area contributed by atoms with E-state index in [4.69, 9.17) is 11.5 Å². The van der Waals surface area contributed by atoms with Crippen LogP contribution in [0.2, 0.25) is 0 Å². The van der Waals surface area contributed by atoms with Gasteiger partial charge in [0.05, 0.1) is 11.3 Å². The number of piperidine rings is 1. The molecule has 1 aliphatic rings. The van der Waals surface area contributed by atoms with Crippen LogP contribution in [-0.4, -0.2) is 41.6 Å². The molecule has 2 rings (SSSR count). The van der Waals surface area contributed by atoms with Crippen LogP contribution < -0.4 is 11.5 Å². The first kappa shape index (κ1) is 19.8. The van der Waals surface area contributed by atoms with E-state index < -0.39 is 0 Å². The monoisotopic (exact) mass is 357 g/mol. The maximum absolute atomic E-state index is 12.8. The molecule has 2 amide bonds. The van der Waals surface area contributed by atoms with Gasteiger partial charge in [-0.15, -0.1) is 24.2 Å². The second kappa shape index (κ2) is 9.15. The number of thioether (sulfide) groups is 1. The van der Waals surface area contributed by atoms with E-state index in [1.165, 1.54) is 11.8 Å². The molecule has 1 aromatic rings. The number of carbonyl (C=O) groups excluding carboxylic acids is 2. The highest BCUT2D eigenvalue weighted by atomic mass is 35.5. The van der Waals surface area contributed by atoms with Gasteiger partial charge in [0, 0.05) is 24.0 Å². The number of halogens is 1. The Morgan fingerprint density at radius 2 is 2.09 bits per heavy atom. The molecule has 0 aliphatic carbocycles. The Kier molecular flexibility index (Phi) is 7.88. The summed E-state index contributed by atoms with van der Waals surface area (Å²) in [5.41, 5.74) is 11.8. The van der Waals surface area contributed by atoms with E-state index >= 15 is 0 Å². The standard InChI is InChI=1S/C16H23N3O2S.ClH/c1-11(17)12-5-4-8-19(9-12)16(21)13-6-2-3-7-14(13)22-10-15(18)20;/h2-3,6-7,11-12H,4-5,8-10,17H2,1H3,(H2,18,20);1H. The van der Waals surface area contributed by atoms with Gasteiger partial charge >= 0.3 is 0 Å². The van der Waals surface area contributed by atoms with E-state index in [0.29, 0.717) is 18.0 Å². The zero-order valence-corrected chi connectivity index (χ0v) is 14.9. The first-order valence-electron chi connectivity index (χ1n) is 7.54. The molecule has 0 aromatic heterocycles. The Hall–Kier alpha value is -1.24. The first-order chi connectivity index (χ1) is 10.5. The average molecular weight is 358 g/mol. The Morgan fingerprint density at radius 1 is 1.39 bits per heavy atom. The van der Waals surface area contributed by atoms with Crippen molar-refractivity contribution in [1.29, 1.82) is 0 Å². The van der Waals surface area contributed by atoms with Crippen LogP contribution in [0.25, 0.3) is 0 Å². The fourth-order valence-corrected chi connectivity index (χ4v) is 3.50. The normalized spacial score (nSPS) is 18.9. The molecule has 1 fully saturated rings. The molecule has 23 heavy (non-hydrogen) atoms. The van der Waals surface area contributed by atoms with Crippen molar-refractivity contribution in [2.24, 2.45) is 17.4 Å². The number of hydrogen-bond donors (Lipinski definition) is 2. The van der Waals surface area contributed by atoms with Crippen LogP contribution in [0.4, 0.5) is 0 Å². The summed E-state index contributed by atoms with van der Waals surface area (Å²) < 4.78 is 0. The molecule has 1 aliphatic heterocycles. The van der Waals surface area contributed by atoms with Crippen molar-refractivity contribution < 1.29 is 9.59 Å². The number of likely N-dealkylation sites (tertiary alicyclic amines) is 1. The SMILES string of the molecule is CC(N)C1CCCN(C(=O)c2ccccc2SCC(N)=O)C1.Cl. The van der Waals surface area contributed by atoms with Crippen molar-refractivity contribution in [1.82, 2.24) is 4.90 Å². The molecule has 128 valence electrons. The van der Waals surface area contributed by atoms with Crippen LogP contribution >= 0.6 is 24.2 Å². The minimum Gasteiger partial charge on any atom is -0.369 e. The van der Waals surface area contributed by atoms with Gasteiger partial charge in [-0.3, -0.25) is 9.59 Å². The van der Waals surface area contributed by atoms with Gasteiger partial charge < -0.3 is 16.4 Å². The minimum absolute atomic E-state index is 0. The smallest absolute Gasteiger partial charge is 0.254 e. The van der Waals surface area contributed by atoms with E-state index in [1.807, 2.05) is 30.0 Å². The van der Waals surface area contributed by atoms with Crippen molar-refractivity contribution in [2.75, 3.05) is 18.8 Å². The quantitative estimate of drug-likeness (QED) is 0.787. The molecule has 1 saturated heterocycles. The Morgan fingerprint density at radius 3 is 2.74 bits per heavy atom. The topological polar surface area (TPSA) is 89.4 Å². The maximum Gasteiger partial charge on any atom is 0.254 e. The summed E-state index contributed by atoms with van der Waals surface area (Å²) in [6.07, 6.45) is 2.05. The molecule has 5 nitrogen and oxygen atoms in total. The zero-order chi connectivity index (χ0) is 16.1.